The summed E-state index contributed by atoms with van der Waals surface area (Å²) >= 11 is 1.27. The highest BCUT2D eigenvalue weighted by molar-refractivity contribution is 7.99. The fourth-order valence-corrected chi connectivity index (χ4v) is 2.79. The second kappa shape index (κ2) is 3.55. The van der Waals surface area contributed by atoms with Gasteiger partial charge in [-0.3, -0.25) is 0 Å². The largest absolute Gasteiger partial charge is 0.349 e. The molecule has 2 heteroatoms. The van der Waals surface area contributed by atoms with Gasteiger partial charge in [-0.15, -0.1) is 11.4 Å². The molecule has 2 aromatic rings. The number of benzene rings is 2. The van der Waals surface area contributed by atoms with Crippen molar-refractivity contribution in [3.05, 3.63) is 60.2 Å². The van der Waals surface area contributed by atoms with Crippen LogP contribution < -0.4 is 5.32 Å². The van der Waals surface area contributed by atoms with Crippen LogP contribution in [0.1, 0.15) is 5.56 Å². The maximum atomic E-state index is 3.46. The Morgan fingerprint density at radius 3 is 2.33 bits per heavy atom. The zero-order chi connectivity index (χ0) is 10.1. The second-order valence-corrected chi connectivity index (χ2v) is 4.62. The topological polar surface area (TPSA) is 12.0 Å². The fourth-order valence-electron chi connectivity index (χ4n) is 1.69. The highest BCUT2D eigenvalue weighted by Crippen LogP contribution is 2.30. The van der Waals surface area contributed by atoms with E-state index in [4.69, 9.17) is 0 Å². The fraction of sp³-hybridized carbons (Fsp3) is 0. The predicted molar refractivity (Wildman–Crippen MR) is 67.9 cm³/mol. The summed E-state index contributed by atoms with van der Waals surface area (Å²) in [5.41, 5.74) is 2.51. The number of rotatable bonds is 1. The van der Waals surface area contributed by atoms with E-state index < -0.39 is 0 Å². The summed E-state index contributed by atoms with van der Waals surface area (Å²) in [5.74, 6) is 0. The van der Waals surface area contributed by atoms with Crippen LogP contribution in [0.4, 0.5) is 5.69 Å². The average molecular weight is 213 g/mol. The van der Waals surface area contributed by atoms with Gasteiger partial charge < -0.3 is 5.32 Å². The quantitative estimate of drug-likeness (QED) is 0.548. The molecule has 0 aliphatic carbocycles. The van der Waals surface area contributed by atoms with E-state index in [0.29, 0.717) is 0 Å². The van der Waals surface area contributed by atoms with Gasteiger partial charge in [-0.2, -0.15) is 0 Å². The molecule has 0 atom stereocenters. The Labute approximate surface area is 92.7 Å². The van der Waals surface area contributed by atoms with E-state index in [9.17, 15) is 0 Å². The van der Waals surface area contributed by atoms with Gasteiger partial charge in [0.05, 0.1) is 10.7 Å². The van der Waals surface area contributed by atoms with Crippen molar-refractivity contribution in [2.45, 2.75) is 4.90 Å². The first-order valence-electron chi connectivity index (χ1n) is 4.94. The van der Waals surface area contributed by atoms with Crippen molar-refractivity contribution in [2.24, 2.45) is 0 Å². The highest BCUT2D eigenvalue weighted by Gasteiger charge is 2.11. The minimum absolute atomic E-state index is 1.23. The molecule has 1 aliphatic heterocycles. The molecule has 0 radical (unpaired) electrons. The molecule has 0 saturated heterocycles. The summed E-state index contributed by atoms with van der Waals surface area (Å²) in [6, 6.07) is 18.9. The molecule has 0 amide bonds. The van der Waals surface area contributed by atoms with Crippen molar-refractivity contribution in [2.75, 3.05) is 5.32 Å². The van der Waals surface area contributed by atoms with Crippen LogP contribution in [-0.4, -0.2) is 4.99 Å². The number of nitrogens with one attached hydrogen (secondary N) is 1. The molecule has 1 heterocycles. The Kier molecular flexibility index (Phi) is 2.07. The number of para-hydroxylation sites is 1. The summed E-state index contributed by atoms with van der Waals surface area (Å²) in [7, 11) is 0. The van der Waals surface area contributed by atoms with Crippen LogP contribution in [-0.2, 0) is 0 Å². The smallest absolute Gasteiger partial charge is 0.0722 e. The van der Waals surface area contributed by atoms with Crippen LogP contribution in [0.5, 0.6) is 0 Å². The lowest BCUT2D eigenvalue weighted by Gasteiger charge is -2.03. The Balaban J connectivity index is 2.02. The van der Waals surface area contributed by atoms with E-state index in [0.717, 1.165) is 0 Å². The first-order chi connectivity index (χ1) is 7.43. The molecular formula is C13H11NS. The molecule has 2 aromatic carbocycles. The zero-order valence-corrected chi connectivity index (χ0v) is 9.04. The summed E-state index contributed by atoms with van der Waals surface area (Å²) in [4.78, 5) is 2.63. The van der Waals surface area contributed by atoms with Gasteiger partial charge in [0.25, 0.3) is 0 Å². The van der Waals surface area contributed by atoms with Gasteiger partial charge in [-0.05, 0) is 12.1 Å². The standard InChI is InChI=1S/C13H11NS/c1-2-6-10(7-3-1)13-14-11-8-4-5-9-12(11)15-13/h1-9,14-15H. The zero-order valence-electron chi connectivity index (χ0n) is 8.14. The summed E-state index contributed by atoms with van der Waals surface area (Å²) in [5, 5.41) is 3.46. The van der Waals surface area contributed by atoms with E-state index in [1.807, 2.05) is 6.07 Å². The maximum Gasteiger partial charge on any atom is 0.0722 e. The Morgan fingerprint density at radius 1 is 0.800 bits per heavy atom. The van der Waals surface area contributed by atoms with E-state index in [1.54, 1.807) is 0 Å². The Hall–Kier alpha value is -1.54. The van der Waals surface area contributed by atoms with Gasteiger partial charge in [0.2, 0.25) is 0 Å². The molecule has 0 saturated carbocycles. The van der Waals surface area contributed by atoms with E-state index in [2.05, 4.69) is 53.8 Å². The molecule has 0 unspecified atom stereocenters. The molecule has 1 aliphatic rings. The number of hydrogen-bond acceptors (Lipinski definition) is 1. The molecule has 1 N–H and O–H groups in total. The summed E-state index contributed by atoms with van der Waals surface area (Å²) in [6.07, 6.45) is 0. The van der Waals surface area contributed by atoms with E-state index in [-0.39, 0.29) is 0 Å². The van der Waals surface area contributed by atoms with Gasteiger partial charge in [0.1, 0.15) is 0 Å². The normalized spacial score (nSPS) is 13.5. The molecule has 0 aromatic heterocycles. The van der Waals surface area contributed by atoms with Crippen LogP contribution >= 0.6 is 11.4 Å². The van der Waals surface area contributed by atoms with Crippen molar-refractivity contribution in [3.63, 3.8) is 0 Å². The number of fused-ring (bicyclic) bond motifs is 1. The summed E-state index contributed by atoms with van der Waals surface area (Å²) < 4.78 is 0. The van der Waals surface area contributed by atoms with Crippen molar-refractivity contribution in [1.82, 2.24) is 0 Å². The first-order valence-corrected chi connectivity index (χ1v) is 5.83. The molecule has 3 rings (SSSR count). The van der Waals surface area contributed by atoms with Gasteiger partial charge in [-0.1, -0.05) is 42.5 Å². The number of hydrogen-bond donors (Lipinski definition) is 2. The minimum Gasteiger partial charge on any atom is -0.349 e. The minimum atomic E-state index is 1.23. The first kappa shape index (κ1) is 8.74. The average Bonchev–Trinajstić information content (AvgIpc) is 2.74. The van der Waals surface area contributed by atoms with Crippen LogP contribution in [0.3, 0.4) is 0 Å². The second-order valence-electron chi connectivity index (χ2n) is 3.47. The monoisotopic (exact) mass is 213 g/mol. The molecular weight excluding hydrogens is 202 g/mol. The molecule has 1 nitrogen and oxygen atoms in total. The molecule has 74 valence electrons. The third kappa shape index (κ3) is 1.57. The van der Waals surface area contributed by atoms with Crippen LogP contribution in [0.2, 0.25) is 0 Å². The van der Waals surface area contributed by atoms with Crippen LogP contribution in [0.15, 0.2) is 59.5 Å². The van der Waals surface area contributed by atoms with Crippen molar-refractivity contribution < 1.29 is 0 Å². The van der Waals surface area contributed by atoms with Crippen molar-refractivity contribution >= 4 is 22.0 Å². The SMILES string of the molecule is c1ccc(C2=[SH]c3ccccc3N2)cc1. The van der Waals surface area contributed by atoms with Gasteiger partial charge in [0, 0.05) is 10.5 Å². The van der Waals surface area contributed by atoms with Crippen molar-refractivity contribution in [3.8, 4) is 0 Å². The number of anilines is 1. The third-order valence-corrected chi connectivity index (χ3v) is 3.66. The molecule has 0 spiro atoms. The summed E-state index contributed by atoms with van der Waals surface area (Å²) in [6.45, 7) is 0. The van der Waals surface area contributed by atoms with Crippen LogP contribution in [0, 0.1) is 0 Å². The Bertz CT molecular complexity index is 517. The third-order valence-electron chi connectivity index (χ3n) is 2.44. The maximum absolute atomic E-state index is 3.46. The predicted octanol–water partition coefficient (Wildman–Crippen LogP) is 3.11. The van der Waals surface area contributed by atoms with Crippen LogP contribution in [0.25, 0.3) is 0 Å². The highest BCUT2D eigenvalue weighted by atomic mass is 32.1. The number of thiol groups is 1. The van der Waals surface area contributed by atoms with E-state index in [1.165, 1.54) is 32.5 Å². The van der Waals surface area contributed by atoms with Gasteiger partial charge >= 0.3 is 0 Å². The molecule has 0 bridgehead atoms. The molecule has 0 fully saturated rings. The lowest BCUT2D eigenvalue weighted by Crippen LogP contribution is -2.07. The van der Waals surface area contributed by atoms with Gasteiger partial charge in [0.15, 0.2) is 0 Å². The van der Waals surface area contributed by atoms with Gasteiger partial charge in [-0.25, -0.2) is 0 Å². The lowest BCUT2D eigenvalue weighted by atomic mass is 10.2. The Morgan fingerprint density at radius 2 is 1.53 bits per heavy atom. The lowest BCUT2D eigenvalue weighted by molar-refractivity contribution is 1.47. The van der Waals surface area contributed by atoms with E-state index >= 15 is 0 Å². The van der Waals surface area contributed by atoms with Crippen molar-refractivity contribution in [1.29, 1.82) is 0 Å². The molecule has 15 heavy (non-hydrogen) atoms.